The summed E-state index contributed by atoms with van der Waals surface area (Å²) in [5.41, 5.74) is -3.85. The van der Waals surface area contributed by atoms with E-state index in [4.69, 9.17) is 13.9 Å². The number of halogens is 3. The van der Waals surface area contributed by atoms with Crippen molar-refractivity contribution in [2.45, 2.75) is 30.5 Å². The number of aliphatic hydroxyl groups excluding tert-OH is 4. The first-order chi connectivity index (χ1) is 15.1. The van der Waals surface area contributed by atoms with Gasteiger partial charge in [-0.3, -0.25) is 0 Å². The van der Waals surface area contributed by atoms with Gasteiger partial charge in [0.1, 0.15) is 47.5 Å². The molecule has 0 aliphatic heterocycles. The zero-order chi connectivity index (χ0) is 23.6. The first kappa shape index (κ1) is 23.5. The number of alkyl halides is 3. The molecule has 0 spiro atoms. The summed E-state index contributed by atoms with van der Waals surface area (Å²) in [4.78, 5) is 23.7. The second-order valence-electron chi connectivity index (χ2n) is 6.86. The number of aldehydes is 1. The third-order valence-electron chi connectivity index (χ3n) is 4.74. The molecule has 12 heteroatoms. The highest BCUT2D eigenvalue weighted by molar-refractivity contribution is 5.89. The van der Waals surface area contributed by atoms with Gasteiger partial charge in [0.05, 0.1) is 18.4 Å². The molecule has 0 bridgehead atoms. The van der Waals surface area contributed by atoms with E-state index in [1.165, 1.54) is 12.1 Å². The number of aliphatic hydroxyl groups is 4. The quantitative estimate of drug-likeness (QED) is 0.247. The number of carbonyl (C=O) groups excluding carboxylic acids is 1. The molecule has 3 rings (SSSR count). The maximum atomic E-state index is 13.8. The van der Waals surface area contributed by atoms with Crippen LogP contribution in [0.2, 0.25) is 0 Å². The molecule has 32 heavy (non-hydrogen) atoms. The topological polar surface area (TPSA) is 153 Å². The first-order valence-corrected chi connectivity index (χ1v) is 9.17. The van der Waals surface area contributed by atoms with Crippen molar-refractivity contribution < 1.29 is 47.2 Å². The van der Waals surface area contributed by atoms with Gasteiger partial charge < -0.3 is 39.4 Å². The molecule has 172 valence electrons. The van der Waals surface area contributed by atoms with Gasteiger partial charge in [-0.2, -0.15) is 13.2 Å². The van der Waals surface area contributed by atoms with E-state index in [0.717, 1.165) is 24.5 Å². The van der Waals surface area contributed by atoms with E-state index in [9.17, 15) is 38.1 Å². The highest BCUT2D eigenvalue weighted by Crippen LogP contribution is 2.40. The van der Waals surface area contributed by atoms with Crippen LogP contribution < -0.4 is 10.9 Å². The van der Waals surface area contributed by atoms with E-state index in [1.54, 1.807) is 0 Å². The minimum Gasteiger partial charge on any atom is -0.464 e. The Morgan fingerprint density at radius 3 is 2.41 bits per heavy atom. The van der Waals surface area contributed by atoms with Gasteiger partial charge in [-0.15, -0.1) is 0 Å². The van der Waals surface area contributed by atoms with Gasteiger partial charge in [-0.05, 0) is 24.3 Å². The second-order valence-corrected chi connectivity index (χ2v) is 6.86. The number of anilines is 1. The molecule has 5 N–H and O–H groups in total. The fourth-order valence-corrected chi connectivity index (χ4v) is 3.17. The van der Waals surface area contributed by atoms with Crippen LogP contribution in [0.15, 0.2) is 50.2 Å². The summed E-state index contributed by atoms with van der Waals surface area (Å²) < 4.78 is 51.5. The van der Waals surface area contributed by atoms with Crippen LogP contribution in [-0.4, -0.2) is 57.7 Å². The Hall–Kier alpha value is -3.19. The lowest BCUT2D eigenvalue weighted by Gasteiger charge is -2.26. The summed E-state index contributed by atoms with van der Waals surface area (Å²) in [6, 6.07) is 4.14. The van der Waals surface area contributed by atoms with Gasteiger partial charge in [-0.1, -0.05) is 0 Å². The van der Waals surface area contributed by atoms with Crippen LogP contribution >= 0.6 is 0 Å². The second kappa shape index (κ2) is 9.12. The lowest BCUT2D eigenvalue weighted by Crippen LogP contribution is -2.49. The Labute approximate surface area is 177 Å². The summed E-state index contributed by atoms with van der Waals surface area (Å²) in [6.45, 7) is -0.886. The first-order valence-electron chi connectivity index (χ1n) is 9.17. The lowest BCUT2D eigenvalue weighted by atomic mass is 10.0. The molecule has 2 heterocycles. The summed E-state index contributed by atoms with van der Waals surface area (Å²) in [5, 5.41) is 40.1. The summed E-state index contributed by atoms with van der Waals surface area (Å²) in [6.07, 6.45) is -9.13. The molecular formula is C20H18F3NO8. The van der Waals surface area contributed by atoms with Gasteiger partial charge >= 0.3 is 11.8 Å². The molecule has 0 aliphatic carbocycles. The van der Waals surface area contributed by atoms with Crippen molar-refractivity contribution in [3.8, 4) is 11.3 Å². The molecule has 0 aliphatic rings. The van der Waals surface area contributed by atoms with Crippen molar-refractivity contribution in [2.75, 3.05) is 11.9 Å². The van der Waals surface area contributed by atoms with Gasteiger partial charge in [0, 0.05) is 17.1 Å². The van der Waals surface area contributed by atoms with Crippen LogP contribution in [0.5, 0.6) is 0 Å². The molecule has 0 unspecified atom stereocenters. The number of hydrogen-bond donors (Lipinski definition) is 5. The van der Waals surface area contributed by atoms with Crippen molar-refractivity contribution in [3.63, 3.8) is 0 Å². The van der Waals surface area contributed by atoms with Crippen molar-refractivity contribution in [1.82, 2.24) is 0 Å². The fourth-order valence-electron chi connectivity index (χ4n) is 3.17. The van der Waals surface area contributed by atoms with Crippen LogP contribution in [0.1, 0.15) is 5.56 Å². The average molecular weight is 457 g/mol. The third-order valence-corrected chi connectivity index (χ3v) is 4.74. The minimum absolute atomic E-state index is 0.0265. The highest BCUT2D eigenvalue weighted by Gasteiger charge is 2.39. The van der Waals surface area contributed by atoms with Gasteiger partial charge in [0.15, 0.2) is 0 Å². The Morgan fingerprint density at radius 1 is 1.12 bits per heavy atom. The molecular weight excluding hydrogens is 439 g/mol. The summed E-state index contributed by atoms with van der Waals surface area (Å²) in [5.74, 6) is -0.323. The molecule has 4 atom stereocenters. The predicted molar refractivity (Wildman–Crippen MR) is 104 cm³/mol. The summed E-state index contributed by atoms with van der Waals surface area (Å²) in [7, 11) is 0. The fraction of sp³-hybridized carbons (Fsp3) is 0.300. The van der Waals surface area contributed by atoms with E-state index < -0.39 is 64.9 Å². The molecule has 1 aromatic carbocycles. The van der Waals surface area contributed by atoms with Crippen molar-refractivity contribution in [1.29, 1.82) is 0 Å². The number of furan rings is 1. The van der Waals surface area contributed by atoms with E-state index in [-0.39, 0.29) is 17.7 Å². The smallest absolute Gasteiger partial charge is 0.418 e. The monoisotopic (exact) mass is 457 g/mol. The Bertz CT molecular complexity index is 1140. The number of fused-ring (bicyclic) bond motifs is 1. The van der Waals surface area contributed by atoms with Crippen LogP contribution in [0.3, 0.4) is 0 Å². The number of rotatable bonds is 8. The van der Waals surface area contributed by atoms with Crippen LogP contribution in [0, 0.1) is 0 Å². The largest absolute Gasteiger partial charge is 0.464 e. The standard InChI is InChI=1S/C20H18F3NO8/c21-20(22,23)16-10-4-3-9(24-11(7-25)17(28)18(29)12(27)8-26)6-14(10)32-19(30)15(16)13-2-1-5-31-13/h1-7,11-12,17-18,24,26-29H,8H2/t11-,12+,17+,18+/m0/s1. The normalized spacial score (nSPS) is 15.8. The van der Waals surface area contributed by atoms with Crippen molar-refractivity contribution in [2.24, 2.45) is 0 Å². The molecule has 0 saturated heterocycles. The highest BCUT2D eigenvalue weighted by atomic mass is 19.4. The number of hydrogen-bond acceptors (Lipinski definition) is 9. The summed E-state index contributed by atoms with van der Waals surface area (Å²) >= 11 is 0. The van der Waals surface area contributed by atoms with E-state index >= 15 is 0 Å². The maximum Gasteiger partial charge on any atom is 0.418 e. The molecule has 9 nitrogen and oxygen atoms in total. The van der Waals surface area contributed by atoms with Gasteiger partial charge in [0.25, 0.3) is 0 Å². The van der Waals surface area contributed by atoms with E-state index in [2.05, 4.69) is 5.32 Å². The Balaban J connectivity index is 2.05. The van der Waals surface area contributed by atoms with E-state index in [1.807, 2.05) is 0 Å². The molecule has 0 fully saturated rings. The minimum atomic E-state index is -4.93. The van der Waals surface area contributed by atoms with Gasteiger partial charge in [0.2, 0.25) is 0 Å². The lowest BCUT2D eigenvalue weighted by molar-refractivity contribution is -0.136. The number of carbonyl (C=O) groups is 1. The maximum absolute atomic E-state index is 13.8. The van der Waals surface area contributed by atoms with Crippen molar-refractivity contribution in [3.05, 3.63) is 52.6 Å². The number of nitrogens with one attached hydrogen (secondary N) is 1. The van der Waals surface area contributed by atoms with Gasteiger partial charge in [-0.25, -0.2) is 4.79 Å². The molecule has 0 amide bonds. The molecule has 3 aromatic rings. The third kappa shape index (κ3) is 4.53. The van der Waals surface area contributed by atoms with Crippen molar-refractivity contribution >= 4 is 22.9 Å². The Morgan fingerprint density at radius 2 is 1.84 bits per heavy atom. The van der Waals surface area contributed by atoms with Crippen LogP contribution in [0.25, 0.3) is 22.3 Å². The van der Waals surface area contributed by atoms with Crippen LogP contribution in [0.4, 0.5) is 18.9 Å². The van der Waals surface area contributed by atoms with E-state index in [0.29, 0.717) is 0 Å². The zero-order valence-corrected chi connectivity index (χ0v) is 16.1. The number of benzene rings is 1. The SMILES string of the molecule is O=C[C@H](Nc1ccc2c(C(F)(F)F)c(-c3ccco3)c(=O)oc2c1)[C@@H](O)[C@H](O)[C@H](O)CO. The molecule has 0 radical (unpaired) electrons. The van der Waals surface area contributed by atoms with Crippen LogP contribution in [-0.2, 0) is 11.0 Å². The Kier molecular flexibility index (Phi) is 6.69. The molecule has 2 aromatic heterocycles. The predicted octanol–water partition coefficient (Wildman–Crippen LogP) is 1.13. The zero-order valence-electron chi connectivity index (χ0n) is 16.1. The average Bonchev–Trinajstić information content (AvgIpc) is 3.28. The molecule has 0 saturated carbocycles.